The third-order valence-corrected chi connectivity index (χ3v) is 5.20. The van der Waals surface area contributed by atoms with E-state index in [4.69, 9.17) is 0 Å². The van der Waals surface area contributed by atoms with Gasteiger partial charge in [0.05, 0.1) is 13.1 Å². The van der Waals surface area contributed by atoms with Gasteiger partial charge in [-0.05, 0) is 75.9 Å². The number of benzene rings is 2. The molecule has 1 fully saturated rings. The first-order chi connectivity index (χ1) is 13.1. The van der Waals surface area contributed by atoms with Gasteiger partial charge in [-0.15, -0.1) is 0 Å². The van der Waals surface area contributed by atoms with Crippen LogP contribution in [0.4, 0.5) is 17.1 Å². The van der Waals surface area contributed by atoms with Crippen molar-refractivity contribution in [3.8, 4) is 0 Å². The first-order valence-corrected chi connectivity index (χ1v) is 10.2. The van der Waals surface area contributed by atoms with Gasteiger partial charge in [0.1, 0.15) is 0 Å². The number of para-hydroxylation sites is 1. The number of rotatable bonds is 6. The summed E-state index contributed by atoms with van der Waals surface area (Å²) in [5.41, 5.74) is 3.18. The van der Waals surface area contributed by atoms with Crippen LogP contribution in [0.5, 0.6) is 0 Å². The monoisotopic (exact) mass is 366 g/mol. The highest BCUT2D eigenvalue weighted by Gasteiger charge is 2.17. The molecule has 0 radical (unpaired) electrons. The second-order valence-electron chi connectivity index (χ2n) is 7.74. The second kappa shape index (κ2) is 9.56. The molecule has 1 aliphatic heterocycles. The number of amides is 1. The molecule has 0 bridgehead atoms. The smallest absolute Gasteiger partial charge is 0.279 e. The van der Waals surface area contributed by atoms with E-state index in [1.807, 2.05) is 18.2 Å². The molecule has 0 spiro atoms. The summed E-state index contributed by atoms with van der Waals surface area (Å²) < 4.78 is 0. The number of anilines is 3. The molecule has 0 saturated carbocycles. The van der Waals surface area contributed by atoms with E-state index in [1.165, 1.54) is 36.3 Å². The van der Waals surface area contributed by atoms with E-state index < -0.39 is 0 Å². The fraction of sp³-hybridized carbons (Fsp3) is 0.435. The van der Waals surface area contributed by atoms with Crippen molar-refractivity contribution in [3.05, 3.63) is 54.6 Å². The number of carbonyl (C=O) groups excluding carboxylic acids is 1. The van der Waals surface area contributed by atoms with Gasteiger partial charge < -0.3 is 15.1 Å². The quantitative estimate of drug-likeness (QED) is 0.819. The Bertz CT molecular complexity index is 704. The Morgan fingerprint density at radius 3 is 2.11 bits per heavy atom. The average molecular weight is 367 g/mol. The maximum atomic E-state index is 12.4. The number of carbonyl (C=O) groups is 1. The van der Waals surface area contributed by atoms with Crippen molar-refractivity contribution in [2.75, 3.05) is 29.9 Å². The topological polar surface area (TPSA) is 36.8 Å². The van der Waals surface area contributed by atoms with Crippen LogP contribution < -0.4 is 15.1 Å². The van der Waals surface area contributed by atoms with E-state index in [0.29, 0.717) is 12.6 Å². The average Bonchev–Trinajstić information content (AvgIpc) is 2.92. The molecule has 27 heavy (non-hydrogen) atoms. The largest absolute Gasteiger partial charge is 0.339 e. The minimum absolute atomic E-state index is 0.114. The zero-order chi connectivity index (χ0) is 19.1. The van der Waals surface area contributed by atoms with E-state index in [-0.39, 0.29) is 5.91 Å². The van der Waals surface area contributed by atoms with Crippen LogP contribution in [-0.2, 0) is 4.79 Å². The van der Waals surface area contributed by atoms with Gasteiger partial charge in [0.15, 0.2) is 6.54 Å². The summed E-state index contributed by atoms with van der Waals surface area (Å²) in [6, 6.07) is 18.9. The molecule has 0 aliphatic carbocycles. The summed E-state index contributed by atoms with van der Waals surface area (Å²) >= 11 is 0. The van der Waals surface area contributed by atoms with E-state index in [2.05, 4.69) is 60.5 Å². The summed E-state index contributed by atoms with van der Waals surface area (Å²) in [6.45, 7) is 7.18. The molecule has 2 aromatic rings. The molecule has 2 aromatic carbocycles. The van der Waals surface area contributed by atoms with Gasteiger partial charge in [-0.3, -0.25) is 4.79 Å². The van der Waals surface area contributed by atoms with Crippen molar-refractivity contribution < 1.29 is 9.69 Å². The van der Waals surface area contributed by atoms with Crippen molar-refractivity contribution in [2.45, 2.75) is 45.6 Å². The molecular formula is C23H32N3O+. The molecule has 0 atom stereocenters. The van der Waals surface area contributed by atoms with Crippen molar-refractivity contribution in [3.63, 3.8) is 0 Å². The standard InChI is InChI=1S/C23H31N3O/c1-19(2)26(21-10-6-5-7-11-21)22-14-12-20(13-15-22)24-23(27)18-25-16-8-3-4-9-17-25/h5-7,10-15,19H,3-4,8-9,16-18H2,1-2H3,(H,24,27)/p+1. The van der Waals surface area contributed by atoms with Crippen LogP contribution in [0.25, 0.3) is 0 Å². The molecule has 1 saturated heterocycles. The molecule has 1 heterocycles. The number of nitrogens with one attached hydrogen (secondary N) is 2. The molecule has 144 valence electrons. The fourth-order valence-corrected chi connectivity index (χ4v) is 3.88. The number of hydrogen-bond acceptors (Lipinski definition) is 2. The van der Waals surface area contributed by atoms with Crippen LogP contribution in [0.2, 0.25) is 0 Å². The Balaban J connectivity index is 1.63. The second-order valence-corrected chi connectivity index (χ2v) is 7.74. The van der Waals surface area contributed by atoms with Crippen molar-refractivity contribution in [1.82, 2.24) is 0 Å². The summed E-state index contributed by atoms with van der Waals surface area (Å²) in [4.78, 5) is 16.1. The molecule has 0 unspecified atom stereocenters. The highest BCUT2D eigenvalue weighted by Crippen LogP contribution is 2.28. The van der Waals surface area contributed by atoms with Crippen LogP contribution in [0.15, 0.2) is 54.6 Å². The maximum Gasteiger partial charge on any atom is 0.279 e. The summed E-state index contributed by atoms with van der Waals surface area (Å²) in [5, 5.41) is 3.07. The molecular weight excluding hydrogens is 334 g/mol. The summed E-state index contributed by atoms with van der Waals surface area (Å²) in [6.07, 6.45) is 5.09. The SMILES string of the molecule is CC(C)N(c1ccccc1)c1ccc(NC(=O)C[NH+]2CCCCCC2)cc1. The number of nitrogens with zero attached hydrogens (tertiary/aromatic N) is 1. The Labute approximate surface area is 163 Å². The maximum absolute atomic E-state index is 12.4. The lowest BCUT2D eigenvalue weighted by Crippen LogP contribution is -3.12. The number of likely N-dealkylation sites (tertiary alicyclic amines) is 1. The Morgan fingerprint density at radius 2 is 1.52 bits per heavy atom. The van der Waals surface area contributed by atoms with Crippen LogP contribution >= 0.6 is 0 Å². The number of quaternary nitrogens is 1. The Kier molecular flexibility index (Phi) is 6.88. The molecule has 3 rings (SSSR count). The zero-order valence-electron chi connectivity index (χ0n) is 16.6. The van der Waals surface area contributed by atoms with Gasteiger partial charge in [0.2, 0.25) is 0 Å². The third kappa shape index (κ3) is 5.57. The first-order valence-electron chi connectivity index (χ1n) is 10.2. The van der Waals surface area contributed by atoms with Crippen molar-refractivity contribution >= 4 is 23.0 Å². The van der Waals surface area contributed by atoms with Gasteiger partial charge in [0, 0.05) is 23.1 Å². The minimum atomic E-state index is 0.114. The molecule has 2 N–H and O–H groups in total. The molecule has 0 aromatic heterocycles. The van der Waals surface area contributed by atoms with Gasteiger partial charge >= 0.3 is 0 Å². The van der Waals surface area contributed by atoms with E-state index >= 15 is 0 Å². The third-order valence-electron chi connectivity index (χ3n) is 5.20. The van der Waals surface area contributed by atoms with Crippen LogP contribution in [0.3, 0.4) is 0 Å². The summed E-state index contributed by atoms with van der Waals surface area (Å²) in [5.74, 6) is 0.114. The fourth-order valence-electron chi connectivity index (χ4n) is 3.88. The zero-order valence-corrected chi connectivity index (χ0v) is 16.6. The highest BCUT2D eigenvalue weighted by molar-refractivity contribution is 5.91. The molecule has 4 heteroatoms. The van der Waals surface area contributed by atoms with E-state index in [0.717, 1.165) is 24.5 Å². The predicted octanol–water partition coefficient (Wildman–Crippen LogP) is 3.63. The normalized spacial score (nSPS) is 15.4. The predicted molar refractivity (Wildman–Crippen MR) is 113 cm³/mol. The molecule has 1 amide bonds. The van der Waals surface area contributed by atoms with Crippen molar-refractivity contribution in [2.24, 2.45) is 0 Å². The van der Waals surface area contributed by atoms with E-state index in [9.17, 15) is 4.79 Å². The Hall–Kier alpha value is -2.33. The van der Waals surface area contributed by atoms with Gasteiger partial charge in [-0.2, -0.15) is 0 Å². The van der Waals surface area contributed by atoms with Gasteiger partial charge in [-0.1, -0.05) is 18.2 Å². The van der Waals surface area contributed by atoms with Crippen LogP contribution in [-0.4, -0.2) is 31.6 Å². The summed E-state index contributed by atoms with van der Waals surface area (Å²) in [7, 11) is 0. The molecule has 4 nitrogen and oxygen atoms in total. The highest BCUT2D eigenvalue weighted by atomic mass is 16.2. The van der Waals surface area contributed by atoms with Crippen LogP contribution in [0.1, 0.15) is 39.5 Å². The lowest BCUT2D eigenvalue weighted by atomic mass is 10.2. The lowest BCUT2D eigenvalue weighted by molar-refractivity contribution is -0.890. The Morgan fingerprint density at radius 1 is 0.926 bits per heavy atom. The van der Waals surface area contributed by atoms with Gasteiger partial charge in [-0.25, -0.2) is 0 Å². The lowest BCUT2D eigenvalue weighted by Gasteiger charge is -2.29. The van der Waals surface area contributed by atoms with Gasteiger partial charge in [0.25, 0.3) is 5.91 Å². The minimum Gasteiger partial charge on any atom is -0.339 e. The molecule has 1 aliphatic rings. The van der Waals surface area contributed by atoms with Crippen molar-refractivity contribution in [1.29, 1.82) is 0 Å². The first kappa shape index (κ1) is 19.4. The van der Waals surface area contributed by atoms with E-state index in [1.54, 1.807) is 0 Å². The van der Waals surface area contributed by atoms with Crippen LogP contribution in [0, 0.1) is 0 Å². The number of hydrogen-bond donors (Lipinski definition) is 2.